The number of rotatable bonds is 6. The molecule has 2 aromatic carbocycles. The Morgan fingerprint density at radius 1 is 1.07 bits per heavy atom. The summed E-state index contributed by atoms with van der Waals surface area (Å²) in [4.78, 5) is 41.6. The molecule has 1 aromatic heterocycles. The number of nitrogens with zero attached hydrogens (tertiary/aromatic N) is 3. The van der Waals surface area contributed by atoms with Crippen LogP contribution in [-0.4, -0.2) is 46.1 Å². The molecule has 3 aromatic rings. The predicted molar refractivity (Wildman–Crippen MR) is 137 cm³/mol. The van der Waals surface area contributed by atoms with Crippen molar-refractivity contribution in [1.29, 1.82) is 0 Å². The molecule has 1 fully saturated rings. The van der Waals surface area contributed by atoms with Crippen LogP contribution in [0.25, 0.3) is 0 Å². The third kappa shape index (κ3) is 5.11. The fraction of sp³-hybridized carbons (Fsp3) is 0.321. The van der Waals surface area contributed by atoms with E-state index in [1.165, 1.54) is 18.7 Å². The molecule has 2 aliphatic heterocycles. The highest BCUT2D eigenvalue weighted by Crippen LogP contribution is 2.37. The van der Waals surface area contributed by atoms with Crippen molar-refractivity contribution in [3.05, 3.63) is 98.7 Å². The van der Waals surface area contributed by atoms with Crippen LogP contribution < -0.4 is 20.5 Å². The van der Waals surface area contributed by atoms with Crippen molar-refractivity contribution in [1.82, 2.24) is 14.9 Å². The minimum atomic E-state index is -3.25. The monoisotopic (exact) mass is 576 g/mol. The molecule has 5 rings (SSSR count). The summed E-state index contributed by atoms with van der Waals surface area (Å²) in [5.41, 5.74) is -2.00. The zero-order chi connectivity index (χ0) is 29.6. The van der Waals surface area contributed by atoms with Crippen LogP contribution >= 0.6 is 0 Å². The topological polar surface area (TPSA) is 83.9 Å². The summed E-state index contributed by atoms with van der Waals surface area (Å²) in [7, 11) is 0. The van der Waals surface area contributed by atoms with Gasteiger partial charge in [-0.2, -0.15) is 0 Å². The smallest absolute Gasteiger partial charge is 0.278 e. The molecule has 3 heterocycles. The van der Waals surface area contributed by atoms with Crippen LogP contribution in [0, 0.1) is 17.5 Å². The van der Waals surface area contributed by atoms with E-state index in [2.05, 4.69) is 5.32 Å². The lowest BCUT2D eigenvalue weighted by atomic mass is 10.0. The Balaban J connectivity index is 1.60. The molecule has 1 N–H and O–H groups in total. The van der Waals surface area contributed by atoms with Gasteiger partial charge in [0.15, 0.2) is 11.4 Å². The maximum Gasteiger partial charge on any atom is 0.278 e. The van der Waals surface area contributed by atoms with Gasteiger partial charge in [0, 0.05) is 42.9 Å². The number of amides is 2. The number of fused-ring (bicyclic) bond motifs is 4. The quantitative estimate of drug-likeness (QED) is 0.450. The number of hydrogen-bond donors (Lipinski definition) is 1. The lowest BCUT2D eigenvalue weighted by Gasteiger charge is -2.42. The van der Waals surface area contributed by atoms with Crippen molar-refractivity contribution in [2.45, 2.75) is 51.4 Å². The van der Waals surface area contributed by atoms with E-state index in [9.17, 15) is 27.6 Å². The van der Waals surface area contributed by atoms with Crippen LogP contribution in [0.5, 0.6) is 5.75 Å². The minimum absolute atomic E-state index is 0.186. The maximum atomic E-state index is 15.1. The first kappa shape index (κ1) is 28.1. The third-order valence-corrected chi connectivity index (χ3v) is 7.34. The first-order valence-corrected chi connectivity index (χ1v) is 12.7. The van der Waals surface area contributed by atoms with Crippen LogP contribution in [0.15, 0.2) is 53.5 Å². The number of carbonyl (C=O) groups excluding carboxylic acids is 2. The average Bonchev–Trinajstić information content (AvgIpc) is 2.98. The van der Waals surface area contributed by atoms with Gasteiger partial charge in [-0.15, -0.1) is 0 Å². The second-order valence-electron chi connectivity index (χ2n) is 10.0. The molecule has 2 atom stereocenters. The number of hydrogen-bond acceptors (Lipinski definition) is 5. The van der Waals surface area contributed by atoms with E-state index in [0.29, 0.717) is 17.7 Å². The van der Waals surface area contributed by atoms with E-state index < -0.39 is 82.5 Å². The average molecular weight is 577 g/mol. The van der Waals surface area contributed by atoms with E-state index in [1.54, 1.807) is 30.3 Å². The molecule has 2 bridgehead atoms. The van der Waals surface area contributed by atoms with E-state index in [4.69, 9.17) is 4.74 Å². The largest absolute Gasteiger partial charge is 0.482 e. The molecule has 216 valence electrons. The van der Waals surface area contributed by atoms with Crippen LogP contribution in [0.1, 0.15) is 52.2 Å². The molecule has 0 unspecified atom stereocenters. The van der Waals surface area contributed by atoms with E-state index >= 15 is 8.78 Å². The lowest BCUT2D eigenvalue weighted by molar-refractivity contribution is -0.0360. The Morgan fingerprint density at radius 2 is 1.73 bits per heavy atom. The normalized spacial score (nSPS) is 19.4. The van der Waals surface area contributed by atoms with Crippen molar-refractivity contribution in [2.75, 3.05) is 11.7 Å². The summed E-state index contributed by atoms with van der Waals surface area (Å²) < 4.78 is 78.6. The second kappa shape index (κ2) is 10.5. The fourth-order valence-electron chi connectivity index (χ4n) is 4.97. The summed E-state index contributed by atoms with van der Waals surface area (Å²) in [6, 6.07) is 7.15. The molecule has 2 amide bonds. The summed E-state index contributed by atoms with van der Waals surface area (Å²) in [6.07, 6.45) is 0.315. The lowest BCUT2D eigenvalue weighted by Crippen LogP contribution is -2.59. The Morgan fingerprint density at radius 3 is 2.39 bits per heavy atom. The number of aromatic nitrogens is 1. The van der Waals surface area contributed by atoms with Gasteiger partial charge >= 0.3 is 0 Å². The number of nitrogens with one attached hydrogen (secondary N) is 1. The van der Waals surface area contributed by atoms with Crippen LogP contribution in [0.4, 0.5) is 22.0 Å². The first-order chi connectivity index (χ1) is 19.4. The molecule has 8 nitrogen and oxygen atoms in total. The number of ether oxygens (including phenoxy) is 1. The van der Waals surface area contributed by atoms with Crippen molar-refractivity contribution in [2.24, 2.45) is 0 Å². The van der Waals surface area contributed by atoms with E-state index in [0.717, 1.165) is 15.9 Å². The Hall–Kier alpha value is -4.42. The first-order valence-electron chi connectivity index (χ1n) is 12.7. The molecule has 41 heavy (non-hydrogen) atoms. The van der Waals surface area contributed by atoms with Crippen LogP contribution in [0.2, 0.25) is 0 Å². The van der Waals surface area contributed by atoms with Crippen molar-refractivity contribution in [3.63, 3.8) is 0 Å². The van der Waals surface area contributed by atoms with Crippen molar-refractivity contribution >= 4 is 11.8 Å². The van der Waals surface area contributed by atoms with Gasteiger partial charge in [0.05, 0.1) is 0 Å². The van der Waals surface area contributed by atoms with E-state index in [1.807, 2.05) is 0 Å². The van der Waals surface area contributed by atoms with Gasteiger partial charge in [-0.3, -0.25) is 24.1 Å². The zero-order valence-corrected chi connectivity index (χ0v) is 22.0. The van der Waals surface area contributed by atoms with Gasteiger partial charge in [0.2, 0.25) is 5.43 Å². The molecule has 0 radical (unpaired) electrons. The summed E-state index contributed by atoms with van der Waals surface area (Å²) in [5, 5.41) is 3.36. The van der Waals surface area contributed by atoms with E-state index in [-0.39, 0.29) is 19.0 Å². The van der Waals surface area contributed by atoms with Gasteiger partial charge in [-0.25, -0.2) is 22.0 Å². The SMILES string of the molecule is C[C@H]1CC(F)(F)[C@@H](C)N2CN1C(=O)c1c(OCc3ccccc3)c(=O)c(C(=O)NCc3c(F)cc(F)cc3F)cn12. The predicted octanol–water partition coefficient (Wildman–Crippen LogP) is 3.94. The van der Waals surface area contributed by atoms with Gasteiger partial charge < -0.3 is 15.0 Å². The number of halogens is 5. The van der Waals surface area contributed by atoms with Gasteiger partial charge in [-0.05, 0) is 19.4 Å². The molecule has 0 aliphatic carbocycles. The number of alkyl halides is 2. The second-order valence-corrected chi connectivity index (χ2v) is 10.0. The fourth-order valence-corrected chi connectivity index (χ4v) is 4.97. The van der Waals surface area contributed by atoms with Gasteiger partial charge in [0.1, 0.15) is 42.3 Å². The Kier molecular flexibility index (Phi) is 7.22. The molecule has 0 spiro atoms. The summed E-state index contributed by atoms with van der Waals surface area (Å²) >= 11 is 0. The standard InChI is InChI=1S/C28H25F5N4O4/c1-15-10-28(32,33)16(2)37-14-35(15)27(40)23-25(41-13-17-6-4-3-5-7-17)24(38)20(12-36(23)37)26(39)34-11-19-21(30)8-18(29)9-22(19)31/h3-9,12,15-16H,10-11,13-14H2,1-2H3,(H,34,39)/t15-,16+/m0/s1. The minimum Gasteiger partial charge on any atom is -0.482 e. The van der Waals surface area contributed by atoms with Crippen molar-refractivity contribution < 1.29 is 36.3 Å². The maximum absolute atomic E-state index is 15.1. The number of carbonyl (C=O) groups is 2. The van der Waals surface area contributed by atoms with Crippen LogP contribution in [0.3, 0.4) is 0 Å². The highest BCUT2D eigenvalue weighted by atomic mass is 19.3. The molecular weight excluding hydrogens is 551 g/mol. The van der Waals surface area contributed by atoms with Gasteiger partial charge in [-0.1, -0.05) is 30.3 Å². The Bertz CT molecular complexity index is 1560. The molecule has 2 aliphatic rings. The molecule has 0 saturated carbocycles. The highest BCUT2D eigenvalue weighted by molar-refractivity contribution is 5.99. The molecule has 13 heteroatoms. The summed E-state index contributed by atoms with van der Waals surface area (Å²) in [6.45, 7) is 1.56. The number of pyridine rings is 1. The number of benzene rings is 2. The highest BCUT2D eigenvalue weighted by Gasteiger charge is 2.51. The molecule has 1 saturated heterocycles. The summed E-state index contributed by atoms with van der Waals surface area (Å²) in [5.74, 6) is -9.29. The van der Waals surface area contributed by atoms with Gasteiger partial charge in [0.25, 0.3) is 17.7 Å². The Labute approximate surface area is 230 Å². The molecular formula is C28H25F5N4O4. The van der Waals surface area contributed by atoms with Crippen LogP contribution in [-0.2, 0) is 13.2 Å². The van der Waals surface area contributed by atoms with Crippen molar-refractivity contribution in [3.8, 4) is 5.75 Å². The third-order valence-electron chi connectivity index (χ3n) is 7.34. The zero-order valence-electron chi connectivity index (χ0n) is 22.0.